The maximum atomic E-state index is 6.13. The van der Waals surface area contributed by atoms with Crippen molar-refractivity contribution in [3.63, 3.8) is 0 Å². The number of hydrogen-bond donors (Lipinski definition) is 2. The highest BCUT2D eigenvalue weighted by atomic mass is 35.5. The molecule has 2 aliphatic heterocycles. The molecule has 2 aromatic heterocycles. The van der Waals surface area contributed by atoms with Gasteiger partial charge in [-0.25, -0.2) is 4.98 Å². The molecule has 29 heavy (non-hydrogen) atoms. The van der Waals surface area contributed by atoms with Crippen LogP contribution in [0.1, 0.15) is 37.1 Å². The summed E-state index contributed by atoms with van der Waals surface area (Å²) in [7, 11) is 0. The Labute approximate surface area is 176 Å². The molecule has 7 heteroatoms. The minimum Gasteiger partial charge on any atom is -0.482 e. The number of ether oxygens (including phenoxy) is 1. The number of nitrogen functional groups attached to an aromatic ring is 1. The van der Waals surface area contributed by atoms with Crippen LogP contribution >= 0.6 is 12.4 Å². The first-order valence-corrected chi connectivity index (χ1v) is 9.91. The number of pyridine rings is 1. The molecule has 1 fully saturated rings. The fraction of sp³-hybridized carbons (Fsp3) is 0.364. The number of hydrogen-bond acceptors (Lipinski definition) is 5. The van der Waals surface area contributed by atoms with Gasteiger partial charge in [0, 0.05) is 36.0 Å². The Balaban J connectivity index is 0.00000205. The highest BCUT2D eigenvalue weighted by Crippen LogP contribution is 2.41. The molecule has 0 radical (unpaired) electrons. The zero-order chi connectivity index (χ0) is 19.1. The Morgan fingerprint density at radius 1 is 1.21 bits per heavy atom. The summed E-state index contributed by atoms with van der Waals surface area (Å²) >= 11 is 0. The molecule has 2 aliphatic rings. The molecule has 1 spiro atoms. The average molecular weight is 412 g/mol. The molecule has 1 aromatic carbocycles. The van der Waals surface area contributed by atoms with Crippen LogP contribution in [0.2, 0.25) is 0 Å². The van der Waals surface area contributed by atoms with Gasteiger partial charge in [-0.1, -0.05) is 30.3 Å². The van der Waals surface area contributed by atoms with Crippen LogP contribution in [-0.2, 0) is 12.0 Å². The monoisotopic (exact) mass is 411 g/mol. The molecule has 0 saturated carbocycles. The zero-order valence-electron chi connectivity index (χ0n) is 16.5. The standard InChI is InChI=1S/C22H25N5O.ClH/c1-15(16-5-3-2-4-6-16)28-19-11-17(13-25-21(19)23)18-12-20-22(7-9-24-14-22)8-10-27(20)26-18;/h2-6,11-13,15,24H,7-10,14H2,1H3,(H2,23,25);1H/t15-,22?;/m1./s1. The van der Waals surface area contributed by atoms with Crippen molar-refractivity contribution in [2.45, 2.75) is 37.8 Å². The number of rotatable bonds is 4. The number of aromatic nitrogens is 3. The Hall–Kier alpha value is -2.57. The quantitative estimate of drug-likeness (QED) is 0.684. The molecule has 1 saturated heterocycles. The van der Waals surface area contributed by atoms with Crippen LogP contribution in [0.4, 0.5) is 5.82 Å². The van der Waals surface area contributed by atoms with Gasteiger partial charge >= 0.3 is 0 Å². The summed E-state index contributed by atoms with van der Waals surface area (Å²) in [6.45, 7) is 5.12. The van der Waals surface area contributed by atoms with E-state index in [0.29, 0.717) is 11.6 Å². The third kappa shape index (κ3) is 3.47. The first-order valence-electron chi connectivity index (χ1n) is 9.91. The van der Waals surface area contributed by atoms with Crippen LogP contribution in [-0.4, -0.2) is 27.9 Å². The van der Waals surface area contributed by atoms with Gasteiger partial charge in [0.1, 0.15) is 6.10 Å². The Morgan fingerprint density at radius 3 is 2.79 bits per heavy atom. The van der Waals surface area contributed by atoms with E-state index in [1.807, 2.05) is 43.3 Å². The smallest absolute Gasteiger partial charge is 0.166 e. The first kappa shape index (κ1) is 19.7. The van der Waals surface area contributed by atoms with E-state index in [1.165, 1.54) is 18.5 Å². The summed E-state index contributed by atoms with van der Waals surface area (Å²) in [5.41, 5.74) is 10.6. The molecule has 6 nitrogen and oxygen atoms in total. The Bertz CT molecular complexity index is 998. The van der Waals surface area contributed by atoms with Crippen molar-refractivity contribution in [2.24, 2.45) is 0 Å². The normalized spacial score (nSPS) is 21.0. The summed E-state index contributed by atoms with van der Waals surface area (Å²) in [6, 6.07) is 14.3. The molecule has 0 amide bonds. The predicted octanol–water partition coefficient (Wildman–Crippen LogP) is 3.72. The van der Waals surface area contributed by atoms with Gasteiger partial charge < -0.3 is 15.8 Å². The van der Waals surface area contributed by atoms with Crippen molar-refractivity contribution in [1.29, 1.82) is 0 Å². The fourth-order valence-electron chi connectivity index (χ4n) is 4.45. The molecule has 4 heterocycles. The molecule has 5 rings (SSSR count). The van der Waals surface area contributed by atoms with E-state index >= 15 is 0 Å². The number of nitrogens with one attached hydrogen (secondary N) is 1. The van der Waals surface area contributed by atoms with Crippen LogP contribution in [0.5, 0.6) is 5.75 Å². The van der Waals surface area contributed by atoms with Crippen LogP contribution in [0, 0.1) is 0 Å². The molecule has 0 aliphatic carbocycles. The second-order valence-electron chi connectivity index (χ2n) is 7.87. The van der Waals surface area contributed by atoms with Gasteiger partial charge in [-0.2, -0.15) is 5.10 Å². The lowest BCUT2D eigenvalue weighted by Gasteiger charge is -2.20. The second kappa shape index (κ2) is 7.69. The van der Waals surface area contributed by atoms with Crippen LogP contribution in [0.3, 0.4) is 0 Å². The van der Waals surface area contributed by atoms with Crippen LogP contribution < -0.4 is 15.8 Å². The summed E-state index contributed by atoms with van der Waals surface area (Å²) in [4.78, 5) is 4.37. The van der Waals surface area contributed by atoms with E-state index in [1.54, 1.807) is 6.20 Å². The molecular weight excluding hydrogens is 386 g/mol. The molecule has 152 valence electrons. The minimum atomic E-state index is -0.111. The molecule has 3 N–H and O–H groups in total. The number of aryl methyl sites for hydroxylation is 1. The van der Waals surface area contributed by atoms with Crippen LogP contribution in [0.25, 0.3) is 11.3 Å². The van der Waals surface area contributed by atoms with Gasteiger partial charge in [-0.3, -0.25) is 4.68 Å². The van der Waals surface area contributed by atoms with E-state index in [2.05, 4.69) is 21.0 Å². The number of benzene rings is 1. The summed E-state index contributed by atoms with van der Waals surface area (Å²) in [6.07, 6.45) is 4.03. The summed E-state index contributed by atoms with van der Waals surface area (Å²) < 4.78 is 8.29. The zero-order valence-corrected chi connectivity index (χ0v) is 17.3. The summed E-state index contributed by atoms with van der Waals surface area (Å²) in [5.74, 6) is 0.994. The third-order valence-electron chi connectivity index (χ3n) is 6.12. The largest absolute Gasteiger partial charge is 0.482 e. The van der Waals surface area contributed by atoms with Gasteiger partial charge in [0.2, 0.25) is 0 Å². The van der Waals surface area contributed by atoms with E-state index in [0.717, 1.165) is 36.5 Å². The van der Waals surface area contributed by atoms with Crippen LogP contribution in [0.15, 0.2) is 48.7 Å². The van der Waals surface area contributed by atoms with Gasteiger partial charge in [0.05, 0.1) is 5.69 Å². The van der Waals surface area contributed by atoms with Crippen molar-refractivity contribution in [2.75, 3.05) is 18.8 Å². The number of anilines is 1. The molecular formula is C22H26ClN5O. The van der Waals surface area contributed by atoms with Gasteiger partial charge in [0.15, 0.2) is 11.6 Å². The maximum Gasteiger partial charge on any atom is 0.166 e. The summed E-state index contributed by atoms with van der Waals surface area (Å²) in [5, 5.41) is 8.35. The lowest BCUT2D eigenvalue weighted by Crippen LogP contribution is -2.25. The van der Waals surface area contributed by atoms with Crippen molar-refractivity contribution < 1.29 is 4.74 Å². The molecule has 0 bridgehead atoms. The Morgan fingerprint density at radius 2 is 2.03 bits per heavy atom. The van der Waals surface area contributed by atoms with Crippen molar-refractivity contribution >= 4 is 18.2 Å². The number of halogens is 1. The third-order valence-corrected chi connectivity index (χ3v) is 6.12. The maximum absolute atomic E-state index is 6.13. The fourth-order valence-corrected chi connectivity index (χ4v) is 4.45. The lowest BCUT2D eigenvalue weighted by atomic mass is 9.82. The topological polar surface area (TPSA) is 78.0 Å². The van der Waals surface area contributed by atoms with E-state index in [9.17, 15) is 0 Å². The van der Waals surface area contributed by atoms with Gasteiger partial charge in [0.25, 0.3) is 0 Å². The SMILES string of the molecule is C[C@@H](Oc1cc(-c2cc3n(n2)CCC32CCNC2)cnc1N)c1ccccc1.Cl. The van der Waals surface area contributed by atoms with Crippen molar-refractivity contribution in [3.05, 3.63) is 59.9 Å². The van der Waals surface area contributed by atoms with Gasteiger partial charge in [-0.15, -0.1) is 12.4 Å². The van der Waals surface area contributed by atoms with E-state index in [4.69, 9.17) is 15.6 Å². The highest BCUT2D eigenvalue weighted by molar-refractivity contribution is 5.85. The molecule has 2 atom stereocenters. The number of fused-ring (bicyclic) bond motifs is 2. The number of nitrogens with two attached hydrogens (primary N) is 1. The molecule has 3 aromatic rings. The average Bonchev–Trinajstić information content (AvgIpc) is 3.43. The van der Waals surface area contributed by atoms with Crippen molar-refractivity contribution in [3.8, 4) is 17.0 Å². The Kier molecular flexibility index (Phi) is 5.23. The van der Waals surface area contributed by atoms with E-state index < -0.39 is 0 Å². The molecule has 1 unspecified atom stereocenters. The predicted molar refractivity (Wildman–Crippen MR) is 116 cm³/mol. The van der Waals surface area contributed by atoms with Gasteiger partial charge in [-0.05, 0) is 44.0 Å². The minimum absolute atomic E-state index is 0. The number of nitrogens with zero attached hydrogens (tertiary/aromatic N) is 3. The first-order chi connectivity index (χ1) is 13.6. The second-order valence-corrected chi connectivity index (χ2v) is 7.87. The lowest BCUT2D eigenvalue weighted by molar-refractivity contribution is 0.227. The highest BCUT2D eigenvalue weighted by Gasteiger charge is 2.42. The van der Waals surface area contributed by atoms with E-state index in [-0.39, 0.29) is 23.9 Å². The van der Waals surface area contributed by atoms with Crippen molar-refractivity contribution in [1.82, 2.24) is 20.1 Å².